The molecule has 6 heteroatoms. The second kappa shape index (κ2) is 5.08. The van der Waals surface area contributed by atoms with Gasteiger partial charge in [-0.3, -0.25) is 0 Å². The molecule has 0 spiro atoms. The van der Waals surface area contributed by atoms with Crippen molar-refractivity contribution in [3.05, 3.63) is 39.1 Å². The lowest BCUT2D eigenvalue weighted by Gasteiger charge is -1.95. The molecular formula is C11H6BrN3OS. The quantitative estimate of drug-likeness (QED) is 0.526. The highest BCUT2D eigenvalue weighted by Gasteiger charge is 2.10. The Morgan fingerprint density at radius 3 is 2.71 bits per heavy atom. The minimum atomic E-state index is -0.0710. The average molecular weight is 308 g/mol. The minimum Gasteiger partial charge on any atom is -0.410 e. The van der Waals surface area contributed by atoms with E-state index in [-0.39, 0.29) is 5.71 Å². The lowest BCUT2D eigenvalue weighted by atomic mass is 10.2. The zero-order chi connectivity index (χ0) is 12.3. The number of aromatic nitrogens is 1. The van der Waals surface area contributed by atoms with Crippen molar-refractivity contribution in [1.29, 1.82) is 5.26 Å². The highest BCUT2D eigenvalue weighted by Crippen LogP contribution is 2.23. The first-order valence-corrected chi connectivity index (χ1v) is 6.26. The van der Waals surface area contributed by atoms with Gasteiger partial charge in [0.05, 0.1) is 5.69 Å². The summed E-state index contributed by atoms with van der Waals surface area (Å²) in [7, 11) is 0. The van der Waals surface area contributed by atoms with Gasteiger partial charge in [-0.2, -0.15) is 5.26 Å². The Bertz CT molecular complexity index is 598. The van der Waals surface area contributed by atoms with Crippen molar-refractivity contribution in [1.82, 2.24) is 4.98 Å². The summed E-state index contributed by atoms with van der Waals surface area (Å²) in [5, 5.41) is 22.5. The molecule has 0 aliphatic heterocycles. The molecule has 0 saturated carbocycles. The number of benzene rings is 1. The SMILES string of the molecule is N#C/C(=N/O)c1nc(-c2ccc(Br)cc2)cs1. The number of rotatable bonds is 2. The Labute approximate surface area is 110 Å². The van der Waals surface area contributed by atoms with E-state index in [9.17, 15) is 0 Å². The van der Waals surface area contributed by atoms with Gasteiger partial charge in [-0.05, 0) is 12.1 Å². The number of thiazole rings is 1. The van der Waals surface area contributed by atoms with Crippen LogP contribution in [0.15, 0.2) is 39.3 Å². The predicted octanol–water partition coefficient (Wildman–Crippen LogP) is 3.27. The topological polar surface area (TPSA) is 69.3 Å². The maximum atomic E-state index is 8.72. The molecule has 84 valence electrons. The molecule has 1 N–H and O–H groups in total. The van der Waals surface area contributed by atoms with E-state index in [1.54, 1.807) is 6.07 Å². The molecule has 4 nitrogen and oxygen atoms in total. The first-order valence-electron chi connectivity index (χ1n) is 4.58. The maximum absolute atomic E-state index is 8.72. The summed E-state index contributed by atoms with van der Waals surface area (Å²) in [6.07, 6.45) is 0. The molecule has 0 bridgehead atoms. The number of halogens is 1. The average Bonchev–Trinajstić information content (AvgIpc) is 2.81. The monoisotopic (exact) mass is 307 g/mol. The smallest absolute Gasteiger partial charge is 0.215 e. The largest absolute Gasteiger partial charge is 0.410 e. The van der Waals surface area contributed by atoms with Crippen LogP contribution in [0.4, 0.5) is 0 Å². The molecule has 1 heterocycles. The summed E-state index contributed by atoms with van der Waals surface area (Å²) in [5.74, 6) is 0. The normalized spacial score (nSPS) is 11.2. The van der Waals surface area contributed by atoms with Gasteiger partial charge in [-0.1, -0.05) is 33.2 Å². The van der Waals surface area contributed by atoms with Gasteiger partial charge in [0.25, 0.3) is 0 Å². The zero-order valence-electron chi connectivity index (χ0n) is 8.46. The van der Waals surface area contributed by atoms with Crippen LogP contribution in [0.5, 0.6) is 0 Å². The van der Waals surface area contributed by atoms with Gasteiger partial charge < -0.3 is 5.21 Å². The molecule has 0 aliphatic carbocycles. The van der Waals surface area contributed by atoms with E-state index in [1.165, 1.54) is 11.3 Å². The van der Waals surface area contributed by atoms with Crippen LogP contribution in [-0.4, -0.2) is 15.9 Å². The number of hydrogen-bond donors (Lipinski definition) is 1. The van der Waals surface area contributed by atoms with Crippen LogP contribution in [0.1, 0.15) is 5.01 Å². The predicted molar refractivity (Wildman–Crippen MR) is 69.2 cm³/mol. The maximum Gasteiger partial charge on any atom is 0.215 e. The molecule has 0 atom stereocenters. The minimum absolute atomic E-state index is 0.0710. The molecule has 1 aromatic carbocycles. The number of oxime groups is 1. The Hall–Kier alpha value is -1.71. The molecule has 2 aromatic rings. The Morgan fingerprint density at radius 1 is 1.41 bits per heavy atom. The second-order valence-electron chi connectivity index (χ2n) is 3.11. The van der Waals surface area contributed by atoms with E-state index in [2.05, 4.69) is 26.1 Å². The molecule has 0 aliphatic rings. The van der Waals surface area contributed by atoms with Crippen LogP contribution in [0, 0.1) is 11.3 Å². The zero-order valence-corrected chi connectivity index (χ0v) is 10.9. The van der Waals surface area contributed by atoms with Gasteiger partial charge >= 0.3 is 0 Å². The summed E-state index contributed by atoms with van der Waals surface area (Å²) in [6, 6.07) is 9.46. The van der Waals surface area contributed by atoms with Crippen molar-refractivity contribution in [2.24, 2.45) is 5.16 Å². The third kappa shape index (κ3) is 2.52. The van der Waals surface area contributed by atoms with Crippen molar-refractivity contribution in [2.45, 2.75) is 0 Å². The summed E-state index contributed by atoms with van der Waals surface area (Å²) in [5.41, 5.74) is 1.64. The Morgan fingerprint density at radius 2 is 2.12 bits per heavy atom. The third-order valence-corrected chi connectivity index (χ3v) is 3.43. The van der Waals surface area contributed by atoms with Gasteiger partial charge in [0.1, 0.15) is 6.07 Å². The first kappa shape index (κ1) is 11.8. The second-order valence-corrected chi connectivity index (χ2v) is 4.88. The lowest BCUT2D eigenvalue weighted by Crippen LogP contribution is -1.95. The van der Waals surface area contributed by atoms with Crippen LogP contribution in [0.2, 0.25) is 0 Å². The van der Waals surface area contributed by atoms with Gasteiger partial charge in [0.2, 0.25) is 5.71 Å². The highest BCUT2D eigenvalue weighted by atomic mass is 79.9. The summed E-state index contributed by atoms with van der Waals surface area (Å²) < 4.78 is 0.992. The highest BCUT2D eigenvalue weighted by molar-refractivity contribution is 9.10. The van der Waals surface area contributed by atoms with Crippen molar-refractivity contribution >= 4 is 33.0 Å². The van der Waals surface area contributed by atoms with E-state index in [0.717, 1.165) is 15.7 Å². The van der Waals surface area contributed by atoms with Gasteiger partial charge in [0.15, 0.2) is 5.01 Å². The standard InChI is InChI=1S/C11H6BrN3OS/c12-8-3-1-7(2-4-8)10-6-17-11(14-10)9(5-13)15-16/h1-4,6,16H/b15-9-. The molecule has 0 amide bonds. The van der Waals surface area contributed by atoms with Crippen LogP contribution < -0.4 is 0 Å². The van der Waals surface area contributed by atoms with Crippen LogP contribution in [0.3, 0.4) is 0 Å². The molecular weight excluding hydrogens is 302 g/mol. The molecule has 0 saturated heterocycles. The fraction of sp³-hybridized carbons (Fsp3) is 0. The van der Waals surface area contributed by atoms with E-state index in [4.69, 9.17) is 10.5 Å². The van der Waals surface area contributed by atoms with Crippen molar-refractivity contribution < 1.29 is 5.21 Å². The number of nitrogens with zero attached hydrogens (tertiary/aromatic N) is 3. The molecule has 0 fully saturated rings. The summed E-state index contributed by atoms with van der Waals surface area (Å²) in [4.78, 5) is 4.24. The van der Waals surface area contributed by atoms with E-state index in [0.29, 0.717) is 5.01 Å². The fourth-order valence-corrected chi connectivity index (χ4v) is 2.27. The van der Waals surface area contributed by atoms with E-state index < -0.39 is 0 Å². The lowest BCUT2D eigenvalue weighted by molar-refractivity contribution is 0.320. The molecule has 0 unspecified atom stereocenters. The Balaban J connectivity index is 2.37. The summed E-state index contributed by atoms with van der Waals surface area (Å²) in [6.45, 7) is 0. The van der Waals surface area contributed by atoms with Gasteiger partial charge in [-0.25, -0.2) is 4.98 Å². The molecule has 0 radical (unpaired) electrons. The molecule has 17 heavy (non-hydrogen) atoms. The fourth-order valence-electron chi connectivity index (χ4n) is 1.25. The summed E-state index contributed by atoms with van der Waals surface area (Å²) >= 11 is 4.63. The van der Waals surface area contributed by atoms with Crippen molar-refractivity contribution in [3.63, 3.8) is 0 Å². The van der Waals surface area contributed by atoms with E-state index >= 15 is 0 Å². The molecule has 2 rings (SSSR count). The van der Waals surface area contributed by atoms with E-state index in [1.807, 2.05) is 29.6 Å². The first-order chi connectivity index (χ1) is 8.24. The van der Waals surface area contributed by atoms with Gasteiger partial charge in [0, 0.05) is 15.4 Å². The number of nitriles is 1. The Kier molecular flexibility index (Phi) is 3.52. The van der Waals surface area contributed by atoms with Crippen molar-refractivity contribution in [2.75, 3.05) is 0 Å². The third-order valence-electron chi connectivity index (χ3n) is 2.05. The molecule has 1 aromatic heterocycles. The van der Waals surface area contributed by atoms with Crippen LogP contribution >= 0.6 is 27.3 Å². The van der Waals surface area contributed by atoms with Crippen LogP contribution in [-0.2, 0) is 0 Å². The van der Waals surface area contributed by atoms with Crippen molar-refractivity contribution in [3.8, 4) is 17.3 Å². The van der Waals surface area contributed by atoms with Gasteiger partial charge in [-0.15, -0.1) is 11.3 Å². The number of hydrogen-bond acceptors (Lipinski definition) is 5. The van der Waals surface area contributed by atoms with Crippen LogP contribution in [0.25, 0.3) is 11.3 Å².